The largest absolute Gasteiger partial charge is 0.465 e. The lowest BCUT2D eigenvalue weighted by Crippen LogP contribution is -2.22. The molecule has 0 aliphatic carbocycles. The number of aryl methyl sites for hydroxylation is 1. The Morgan fingerprint density at radius 1 is 1.43 bits per heavy atom. The fourth-order valence-corrected chi connectivity index (χ4v) is 1.24. The minimum atomic E-state index is -0.981. The zero-order valence-corrected chi connectivity index (χ0v) is 7.86. The van der Waals surface area contributed by atoms with Gasteiger partial charge in [-0.25, -0.2) is 4.79 Å². The van der Waals surface area contributed by atoms with Gasteiger partial charge in [-0.3, -0.25) is 0 Å². The van der Waals surface area contributed by atoms with Gasteiger partial charge in [-0.2, -0.15) is 0 Å². The Morgan fingerprint density at radius 2 is 2.14 bits per heavy atom. The molecular weight excluding hydrogens is 180 g/mol. The Balaban J connectivity index is 2.31. The van der Waals surface area contributed by atoms with Gasteiger partial charge < -0.3 is 16.2 Å². The normalized spacial score (nSPS) is 9.71. The number of benzene rings is 1. The van der Waals surface area contributed by atoms with Crippen LogP contribution in [0.3, 0.4) is 0 Å². The van der Waals surface area contributed by atoms with Gasteiger partial charge in [0.05, 0.1) is 0 Å². The average molecular weight is 194 g/mol. The Morgan fingerprint density at radius 3 is 2.79 bits per heavy atom. The minimum absolute atomic E-state index is 0.462. The zero-order chi connectivity index (χ0) is 10.4. The number of rotatable bonds is 4. The maximum absolute atomic E-state index is 10.1. The summed E-state index contributed by atoms with van der Waals surface area (Å²) in [7, 11) is 0. The van der Waals surface area contributed by atoms with Crippen molar-refractivity contribution in [3.05, 3.63) is 29.8 Å². The number of carboxylic acid groups (broad SMARTS) is 1. The number of para-hydroxylation sites is 1. The van der Waals surface area contributed by atoms with Crippen molar-refractivity contribution in [3.63, 3.8) is 0 Å². The standard InChI is InChI=1S/C10H14N2O2/c11-9-6-2-1-4-8(9)5-3-7-12-10(13)14/h1-2,4,6,12H,3,5,7,11H2,(H,13,14). The third-order valence-electron chi connectivity index (χ3n) is 1.95. The van der Waals surface area contributed by atoms with Crippen LogP contribution in [0, 0.1) is 0 Å². The maximum Gasteiger partial charge on any atom is 0.404 e. The van der Waals surface area contributed by atoms with Gasteiger partial charge >= 0.3 is 6.09 Å². The molecule has 0 fully saturated rings. The molecule has 4 nitrogen and oxygen atoms in total. The second-order valence-corrected chi connectivity index (χ2v) is 3.03. The van der Waals surface area contributed by atoms with Gasteiger partial charge in [-0.15, -0.1) is 0 Å². The van der Waals surface area contributed by atoms with Crippen LogP contribution in [-0.2, 0) is 6.42 Å². The highest BCUT2D eigenvalue weighted by atomic mass is 16.4. The molecule has 4 N–H and O–H groups in total. The van der Waals surface area contributed by atoms with Crippen molar-refractivity contribution >= 4 is 11.8 Å². The summed E-state index contributed by atoms with van der Waals surface area (Å²) in [5.74, 6) is 0. The third-order valence-corrected chi connectivity index (χ3v) is 1.95. The van der Waals surface area contributed by atoms with E-state index in [0.717, 1.165) is 24.1 Å². The Labute approximate surface area is 82.7 Å². The van der Waals surface area contributed by atoms with Crippen molar-refractivity contribution < 1.29 is 9.90 Å². The van der Waals surface area contributed by atoms with Crippen LogP contribution < -0.4 is 11.1 Å². The van der Waals surface area contributed by atoms with Gasteiger partial charge in [0.2, 0.25) is 0 Å². The molecule has 0 atom stereocenters. The highest BCUT2D eigenvalue weighted by molar-refractivity contribution is 5.64. The van der Waals surface area contributed by atoms with Crippen molar-refractivity contribution in [3.8, 4) is 0 Å². The van der Waals surface area contributed by atoms with Gasteiger partial charge in [0.15, 0.2) is 0 Å². The number of nitrogens with two attached hydrogens (primary N) is 1. The van der Waals surface area contributed by atoms with Crippen LogP contribution in [0.2, 0.25) is 0 Å². The van der Waals surface area contributed by atoms with Crippen molar-refractivity contribution in [2.45, 2.75) is 12.8 Å². The second kappa shape index (κ2) is 5.11. The summed E-state index contributed by atoms with van der Waals surface area (Å²) < 4.78 is 0. The number of nitrogens with one attached hydrogen (secondary N) is 1. The van der Waals surface area contributed by atoms with Crippen molar-refractivity contribution in [2.75, 3.05) is 12.3 Å². The molecule has 1 rings (SSSR count). The smallest absolute Gasteiger partial charge is 0.404 e. The van der Waals surface area contributed by atoms with Crippen LogP contribution in [0.4, 0.5) is 10.5 Å². The maximum atomic E-state index is 10.1. The first kappa shape index (κ1) is 10.4. The van der Waals surface area contributed by atoms with Crippen LogP contribution in [0.5, 0.6) is 0 Å². The first-order valence-electron chi connectivity index (χ1n) is 4.50. The van der Waals surface area contributed by atoms with Crippen molar-refractivity contribution in [1.82, 2.24) is 5.32 Å². The van der Waals surface area contributed by atoms with Gasteiger partial charge in [0.1, 0.15) is 0 Å². The molecular formula is C10H14N2O2. The van der Waals surface area contributed by atoms with Gasteiger partial charge in [0.25, 0.3) is 0 Å². The molecule has 0 heterocycles. The highest BCUT2D eigenvalue weighted by Crippen LogP contribution is 2.11. The number of anilines is 1. The third kappa shape index (κ3) is 3.35. The van der Waals surface area contributed by atoms with E-state index in [1.165, 1.54) is 0 Å². The number of hydrogen-bond donors (Lipinski definition) is 3. The summed E-state index contributed by atoms with van der Waals surface area (Å²) in [6.07, 6.45) is 0.582. The van der Waals surface area contributed by atoms with Gasteiger partial charge in [0, 0.05) is 12.2 Å². The highest BCUT2D eigenvalue weighted by Gasteiger charge is 1.98. The molecule has 1 aromatic carbocycles. The molecule has 0 aliphatic heterocycles. The van der Waals surface area contributed by atoms with Gasteiger partial charge in [-0.05, 0) is 24.5 Å². The van der Waals surface area contributed by atoms with Crippen LogP contribution in [0.1, 0.15) is 12.0 Å². The predicted molar refractivity (Wildman–Crippen MR) is 55.2 cm³/mol. The minimum Gasteiger partial charge on any atom is -0.465 e. The fourth-order valence-electron chi connectivity index (χ4n) is 1.24. The lowest BCUT2D eigenvalue weighted by Gasteiger charge is -2.04. The molecule has 0 radical (unpaired) electrons. The van der Waals surface area contributed by atoms with E-state index in [1.807, 2.05) is 24.3 Å². The first-order chi connectivity index (χ1) is 6.70. The Hall–Kier alpha value is -1.71. The summed E-state index contributed by atoms with van der Waals surface area (Å²) in [4.78, 5) is 10.1. The molecule has 0 unspecified atom stereocenters. The molecule has 1 amide bonds. The molecule has 4 heteroatoms. The van der Waals surface area contributed by atoms with Crippen LogP contribution in [-0.4, -0.2) is 17.7 Å². The molecule has 0 saturated carbocycles. The Kier molecular flexibility index (Phi) is 3.79. The molecule has 0 saturated heterocycles. The van der Waals surface area contributed by atoms with E-state index in [2.05, 4.69) is 5.32 Å². The van der Waals surface area contributed by atoms with Crippen molar-refractivity contribution in [2.24, 2.45) is 0 Å². The summed E-state index contributed by atoms with van der Waals surface area (Å²) in [6, 6.07) is 7.61. The second-order valence-electron chi connectivity index (χ2n) is 3.03. The molecule has 1 aromatic rings. The van der Waals surface area contributed by atoms with E-state index in [0.29, 0.717) is 6.54 Å². The van der Waals surface area contributed by atoms with E-state index in [1.54, 1.807) is 0 Å². The van der Waals surface area contributed by atoms with Gasteiger partial charge in [-0.1, -0.05) is 18.2 Å². The molecule has 0 aromatic heterocycles. The zero-order valence-electron chi connectivity index (χ0n) is 7.86. The lowest BCUT2D eigenvalue weighted by atomic mass is 10.1. The van der Waals surface area contributed by atoms with E-state index < -0.39 is 6.09 Å². The number of amides is 1. The number of hydrogen-bond acceptors (Lipinski definition) is 2. The fraction of sp³-hybridized carbons (Fsp3) is 0.300. The summed E-state index contributed by atoms with van der Waals surface area (Å²) >= 11 is 0. The van der Waals surface area contributed by atoms with Crippen LogP contribution in [0.25, 0.3) is 0 Å². The van der Waals surface area contributed by atoms with Crippen LogP contribution >= 0.6 is 0 Å². The van der Waals surface area contributed by atoms with E-state index in [4.69, 9.17) is 10.8 Å². The van der Waals surface area contributed by atoms with Crippen LogP contribution in [0.15, 0.2) is 24.3 Å². The topological polar surface area (TPSA) is 75.3 Å². The van der Waals surface area contributed by atoms with E-state index in [-0.39, 0.29) is 0 Å². The lowest BCUT2D eigenvalue weighted by molar-refractivity contribution is 0.194. The number of nitrogen functional groups attached to an aromatic ring is 1. The molecule has 0 spiro atoms. The molecule has 0 aliphatic rings. The summed E-state index contributed by atoms with van der Waals surface area (Å²) in [6.45, 7) is 0.462. The average Bonchev–Trinajstić information content (AvgIpc) is 2.15. The predicted octanol–water partition coefficient (Wildman–Crippen LogP) is 1.47. The molecule has 76 valence electrons. The first-order valence-corrected chi connectivity index (χ1v) is 4.50. The Bertz CT molecular complexity index is 313. The molecule has 0 bridgehead atoms. The summed E-state index contributed by atoms with van der Waals surface area (Å²) in [5, 5.41) is 10.6. The number of carbonyl (C=O) groups is 1. The summed E-state index contributed by atoms with van der Waals surface area (Å²) in [5.41, 5.74) is 7.56. The SMILES string of the molecule is Nc1ccccc1CCCNC(=O)O. The van der Waals surface area contributed by atoms with Crippen molar-refractivity contribution in [1.29, 1.82) is 0 Å². The monoisotopic (exact) mass is 194 g/mol. The molecule has 14 heavy (non-hydrogen) atoms. The van der Waals surface area contributed by atoms with E-state index in [9.17, 15) is 4.79 Å². The quantitative estimate of drug-likeness (QED) is 0.502. The van der Waals surface area contributed by atoms with E-state index >= 15 is 0 Å².